The highest BCUT2D eigenvalue weighted by atomic mass is 19.4. The highest BCUT2D eigenvalue weighted by Gasteiger charge is 2.38. The predicted octanol–water partition coefficient (Wildman–Crippen LogP) is 5.52. The van der Waals surface area contributed by atoms with Gasteiger partial charge in [-0.15, -0.1) is 0 Å². The number of rotatable bonds is 5. The van der Waals surface area contributed by atoms with Crippen LogP contribution in [0.25, 0.3) is 10.9 Å². The summed E-state index contributed by atoms with van der Waals surface area (Å²) in [5.41, 5.74) is 5.32. The number of benzene rings is 2. The van der Waals surface area contributed by atoms with E-state index in [-0.39, 0.29) is 5.91 Å². The zero-order valence-electron chi connectivity index (χ0n) is 22.9. The third-order valence-electron chi connectivity index (χ3n) is 8.24. The van der Waals surface area contributed by atoms with Crippen LogP contribution < -0.4 is 4.90 Å². The average molecular weight is 569 g/mol. The minimum absolute atomic E-state index is 0.185. The van der Waals surface area contributed by atoms with Crippen LogP contribution in [0.3, 0.4) is 0 Å². The molecule has 0 spiro atoms. The average Bonchev–Trinajstić information content (AvgIpc) is 3.31. The highest BCUT2D eigenvalue weighted by Crippen LogP contribution is 2.34. The SMILES string of the molecule is O=C(O)C(F)(F)F.O=C1c2c(cccc2N2CCC(N3CCCCC3)CC2)CN1CCc1ccc2ccccc2n1. The molecule has 6 rings (SSSR count). The van der Waals surface area contributed by atoms with Gasteiger partial charge in [-0.1, -0.05) is 42.8 Å². The van der Waals surface area contributed by atoms with Crippen LogP contribution in [0.2, 0.25) is 0 Å². The van der Waals surface area contributed by atoms with Crippen molar-refractivity contribution in [3.63, 3.8) is 0 Å². The molecule has 10 heteroatoms. The van der Waals surface area contributed by atoms with E-state index >= 15 is 0 Å². The number of fused-ring (bicyclic) bond motifs is 2. The predicted molar refractivity (Wildman–Crippen MR) is 151 cm³/mol. The smallest absolute Gasteiger partial charge is 0.475 e. The van der Waals surface area contributed by atoms with Crippen molar-refractivity contribution in [3.05, 3.63) is 71.4 Å². The van der Waals surface area contributed by atoms with Crippen LogP contribution >= 0.6 is 0 Å². The maximum Gasteiger partial charge on any atom is 0.490 e. The second-order valence-electron chi connectivity index (χ2n) is 10.9. The molecule has 0 atom stereocenters. The summed E-state index contributed by atoms with van der Waals surface area (Å²) in [7, 11) is 0. The Bertz CT molecular complexity index is 1380. The maximum atomic E-state index is 13.5. The Labute approximate surface area is 237 Å². The summed E-state index contributed by atoms with van der Waals surface area (Å²) >= 11 is 0. The van der Waals surface area contributed by atoms with E-state index in [1.807, 2.05) is 17.0 Å². The first-order valence-electron chi connectivity index (χ1n) is 14.3. The van der Waals surface area contributed by atoms with Crippen LogP contribution in [0.15, 0.2) is 54.6 Å². The molecule has 0 radical (unpaired) electrons. The van der Waals surface area contributed by atoms with E-state index in [4.69, 9.17) is 14.9 Å². The number of carboxylic acids is 1. The van der Waals surface area contributed by atoms with Crippen LogP contribution in [0.1, 0.15) is 53.7 Å². The number of aromatic nitrogens is 1. The Kier molecular flexibility index (Phi) is 8.77. The third kappa shape index (κ3) is 6.81. The van der Waals surface area contributed by atoms with Crippen molar-refractivity contribution < 1.29 is 27.9 Å². The fourth-order valence-electron chi connectivity index (χ4n) is 6.10. The Morgan fingerprint density at radius 1 is 0.927 bits per heavy atom. The molecule has 0 aliphatic carbocycles. The van der Waals surface area contributed by atoms with Gasteiger partial charge in [0.1, 0.15) is 0 Å². The number of nitrogens with zero attached hydrogens (tertiary/aromatic N) is 4. The molecule has 3 aromatic rings. The topological polar surface area (TPSA) is 77.0 Å². The first kappa shape index (κ1) is 28.9. The van der Waals surface area contributed by atoms with Gasteiger partial charge in [-0.2, -0.15) is 13.2 Å². The van der Waals surface area contributed by atoms with Gasteiger partial charge in [0.25, 0.3) is 5.91 Å². The molecule has 2 fully saturated rings. The molecule has 0 unspecified atom stereocenters. The van der Waals surface area contributed by atoms with Crippen molar-refractivity contribution in [2.45, 2.75) is 57.3 Å². The number of carbonyl (C=O) groups excluding carboxylic acids is 1. The van der Waals surface area contributed by atoms with Gasteiger partial charge in [-0.3, -0.25) is 9.78 Å². The van der Waals surface area contributed by atoms with Gasteiger partial charge in [0.05, 0.1) is 11.1 Å². The van der Waals surface area contributed by atoms with Gasteiger partial charge in [-0.25, -0.2) is 4.79 Å². The second kappa shape index (κ2) is 12.5. The molecule has 1 N–H and O–H groups in total. The number of anilines is 1. The number of carboxylic acid groups (broad SMARTS) is 1. The van der Waals surface area contributed by atoms with Gasteiger partial charge in [0.2, 0.25) is 0 Å². The summed E-state index contributed by atoms with van der Waals surface area (Å²) in [5, 5.41) is 8.28. The molecular formula is C31H35F3N4O3. The fraction of sp³-hybridized carbons (Fsp3) is 0.452. The quantitative estimate of drug-likeness (QED) is 0.437. The molecule has 41 heavy (non-hydrogen) atoms. The minimum atomic E-state index is -5.08. The van der Waals surface area contributed by atoms with Crippen molar-refractivity contribution >= 4 is 28.5 Å². The monoisotopic (exact) mass is 568 g/mol. The lowest BCUT2D eigenvalue weighted by atomic mass is 9.98. The van der Waals surface area contributed by atoms with Crippen molar-refractivity contribution in [1.29, 1.82) is 0 Å². The Hall–Kier alpha value is -3.66. The Morgan fingerprint density at radius 3 is 2.34 bits per heavy atom. The summed E-state index contributed by atoms with van der Waals surface area (Å²) in [4.78, 5) is 34.4. The summed E-state index contributed by atoms with van der Waals surface area (Å²) in [5.74, 6) is -2.57. The number of hydrogen-bond donors (Lipinski definition) is 1. The minimum Gasteiger partial charge on any atom is -0.475 e. The van der Waals surface area contributed by atoms with Crippen LogP contribution in [0.4, 0.5) is 18.9 Å². The zero-order valence-corrected chi connectivity index (χ0v) is 22.9. The van der Waals surface area contributed by atoms with Crippen molar-refractivity contribution in [3.8, 4) is 0 Å². The molecule has 0 bridgehead atoms. The number of para-hydroxylation sites is 1. The molecule has 4 heterocycles. The molecule has 1 amide bonds. The van der Waals surface area contributed by atoms with E-state index in [1.54, 1.807) is 0 Å². The molecule has 7 nitrogen and oxygen atoms in total. The molecule has 218 valence electrons. The van der Waals surface area contributed by atoms with E-state index in [2.05, 4.69) is 52.3 Å². The highest BCUT2D eigenvalue weighted by molar-refractivity contribution is 6.03. The van der Waals surface area contributed by atoms with Crippen LogP contribution in [0, 0.1) is 0 Å². The van der Waals surface area contributed by atoms with Gasteiger partial charge in [0, 0.05) is 55.4 Å². The number of piperidine rings is 2. The van der Waals surface area contributed by atoms with E-state index in [0.717, 1.165) is 53.4 Å². The summed E-state index contributed by atoms with van der Waals surface area (Å²) in [6, 6.07) is 19.6. The number of likely N-dealkylation sites (tertiary alicyclic amines) is 1. The number of halogens is 3. The summed E-state index contributed by atoms with van der Waals surface area (Å²) in [6.07, 6.45) is 2.20. The van der Waals surface area contributed by atoms with E-state index in [9.17, 15) is 18.0 Å². The van der Waals surface area contributed by atoms with E-state index < -0.39 is 12.1 Å². The zero-order chi connectivity index (χ0) is 29.0. The largest absolute Gasteiger partial charge is 0.490 e. The van der Waals surface area contributed by atoms with E-state index in [1.165, 1.54) is 50.8 Å². The van der Waals surface area contributed by atoms with Gasteiger partial charge in [-0.05, 0) is 62.5 Å². The van der Waals surface area contributed by atoms with Gasteiger partial charge >= 0.3 is 12.1 Å². The molecule has 3 aliphatic heterocycles. The fourth-order valence-corrected chi connectivity index (χ4v) is 6.10. The first-order valence-corrected chi connectivity index (χ1v) is 14.3. The normalized spacial score (nSPS) is 18.3. The number of hydrogen-bond acceptors (Lipinski definition) is 5. The lowest BCUT2D eigenvalue weighted by Crippen LogP contribution is -2.47. The lowest BCUT2D eigenvalue weighted by molar-refractivity contribution is -0.192. The Balaban J connectivity index is 0.000000431. The van der Waals surface area contributed by atoms with Gasteiger partial charge < -0.3 is 19.8 Å². The lowest BCUT2D eigenvalue weighted by Gasteiger charge is -2.41. The first-order chi connectivity index (χ1) is 19.7. The second-order valence-corrected chi connectivity index (χ2v) is 10.9. The number of pyridine rings is 1. The molecule has 1 aromatic heterocycles. The van der Waals surface area contributed by atoms with Crippen molar-refractivity contribution in [2.24, 2.45) is 0 Å². The standard InChI is InChI=1S/C29H34N4O.C2HF3O2/c34-29-28-23(21-33(29)18-13-24-12-11-22-7-2-3-9-26(22)30-24)8-6-10-27(28)32-19-14-25(15-20-32)31-16-4-1-5-17-31;3-2(4,5)1(6)7/h2-3,6-12,25H,1,4-5,13-21H2;(H,6,7). The maximum absolute atomic E-state index is 13.5. The molecule has 2 aromatic carbocycles. The third-order valence-corrected chi connectivity index (χ3v) is 8.24. The number of amides is 1. The van der Waals surface area contributed by atoms with Crippen LogP contribution in [0.5, 0.6) is 0 Å². The Morgan fingerprint density at radius 2 is 1.63 bits per heavy atom. The van der Waals surface area contributed by atoms with Gasteiger partial charge in [0.15, 0.2) is 0 Å². The number of carbonyl (C=O) groups is 2. The molecular weight excluding hydrogens is 533 g/mol. The van der Waals surface area contributed by atoms with Crippen molar-refractivity contribution in [2.75, 3.05) is 37.6 Å². The molecule has 3 aliphatic rings. The van der Waals surface area contributed by atoms with Crippen molar-refractivity contribution in [1.82, 2.24) is 14.8 Å². The summed E-state index contributed by atoms with van der Waals surface area (Å²) < 4.78 is 31.7. The molecule has 2 saturated heterocycles. The van der Waals surface area contributed by atoms with Crippen LogP contribution in [-0.4, -0.2) is 76.7 Å². The number of aliphatic carboxylic acids is 1. The van der Waals surface area contributed by atoms with E-state index in [0.29, 0.717) is 13.1 Å². The summed E-state index contributed by atoms with van der Waals surface area (Å²) in [6.45, 7) is 6.04. The number of alkyl halides is 3. The molecule has 0 saturated carbocycles. The van der Waals surface area contributed by atoms with Crippen LogP contribution in [-0.2, 0) is 17.8 Å².